The molecule has 3 N–H and O–H groups in total. The predicted molar refractivity (Wildman–Crippen MR) is 119 cm³/mol. The number of hydrogen-bond acceptors (Lipinski definition) is 5. The van der Waals surface area contributed by atoms with Gasteiger partial charge in [0.05, 0.1) is 12.2 Å². The molecule has 10 heteroatoms. The van der Waals surface area contributed by atoms with Gasteiger partial charge < -0.3 is 19.9 Å². The first-order valence-corrected chi connectivity index (χ1v) is 11.5. The summed E-state index contributed by atoms with van der Waals surface area (Å²) in [7, 11) is 0. The minimum Gasteiger partial charge on any atom is -0.493 e. The molecule has 1 aliphatic rings. The van der Waals surface area contributed by atoms with Crippen LogP contribution in [-0.4, -0.2) is 34.2 Å². The summed E-state index contributed by atoms with van der Waals surface area (Å²) in [6.07, 6.45) is 2.25. The minimum atomic E-state index is -4.58. The SMILES string of the molecule is CCCCCCCCOc1ccc(-c2noc([C@@H]3C[C@H](C)CN3C(=N)N)n2)cc1C(F)(F)F. The molecule has 3 rings (SSSR count). The molecule has 0 bridgehead atoms. The number of nitrogens with one attached hydrogen (secondary N) is 1. The van der Waals surface area contributed by atoms with Gasteiger partial charge in [-0.05, 0) is 37.0 Å². The third-order valence-electron chi connectivity index (χ3n) is 5.85. The summed E-state index contributed by atoms with van der Waals surface area (Å²) in [5.41, 5.74) is 4.97. The molecule has 1 aromatic heterocycles. The van der Waals surface area contributed by atoms with Gasteiger partial charge in [-0.15, -0.1) is 0 Å². The van der Waals surface area contributed by atoms with Crippen LogP contribution in [0.4, 0.5) is 13.2 Å². The maximum absolute atomic E-state index is 13.7. The Hall–Kier alpha value is -2.78. The van der Waals surface area contributed by atoms with Crippen molar-refractivity contribution in [1.82, 2.24) is 15.0 Å². The van der Waals surface area contributed by atoms with Gasteiger partial charge in [0.25, 0.3) is 0 Å². The number of hydrogen-bond donors (Lipinski definition) is 2. The molecule has 0 radical (unpaired) electrons. The number of alkyl halides is 3. The first kappa shape index (κ1) is 24.9. The third-order valence-corrected chi connectivity index (χ3v) is 5.85. The molecule has 2 atom stereocenters. The second-order valence-corrected chi connectivity index (χ2v) is 8.68. The maximum atomic E-state index is 13.7. The van der Waals surface area contributed by atoms with Crippen LogP contribution in [0.3, 0.4) is 0 Å². The van der Waals surface area contributed by atoms with Crippen molar-refractivity contribution < 1.29 is 22.4 Å². The molecule has 33 heavy (non-hydrogen) atoms. The number of nitrogens with zero attached hydrogens (tertiary/aromatic N) is 3. The Balaban J connectivity index is 1.72. The quantitative estimate of drug-likeness (QED) is 0.261. The Kier molecular flexibility index (Phi) is 8.20. The Morgan fingerprint density at radius 3 is 2.67 bits per heavy atom. The lowest BCUT2D eigenvalue weighted by atomic mass is 10.1. The van der Waals surface area contributed by atoms with E-state index in [1.165, 1.54) is 18.6 Å². The van der Waals surface area contributed by atoms with E-state index in [0.717, 1.165) is 31.7 Å². The largest absolute Gasteiger partial charge is 0.493 e. The average Bonchev–Trinajstić information content (AvgIpc) is 3.39. The van der Waals surface area contributed by atoms with E-state index in [-0.39, 0.29) is 47.6 Å². The Bertz CT molecular complexity index is 931. The van der Waals surface area contributed by atoms with E-state index in [2.05, 4.69) is 17.1 Å². The summed E-state index contributed by atoms with van der Waals surface area (Å²) in [6, 6.07) is 3.44. The van der Waals surface area contributed by atoms with E-state index in [4.69, 9.17) is 20.4 Å². The summed E-state index contributed by atoms with van der Waals surface area (Å²) in [5, 5.41) is 11.6. The number of halogens is 3. The van der Waals surface area contributed by atoms with Crippen molar-refractivity contribution in [2.75, 3.05) is 13.2 Å². The standard InChI is InChI=1S/C23H32F3N5O2/c1-3-4-5-6-7-8-11-32-19-10-9-16(13-17(19)23(24,25)26)20-29-21(33-30-20)18-12-15(2)14-31(18)22(27)28/h9-10,13,15,18H,3-8,11-12,14H2,1-2H3,(H3,27,28)/t15-,18-/m0/s1. The number of benzene rings is 1. The highest BCUT2D eigenvalue weighted by molar-refractivity contribution is 5.75. The minimum absolute atomic E-state index is 0.0565. The summed E-state index contributed by atoms with van der Waals surface area (Å²) in [6.45, 7) is 4.98. The molecular weight excluding hydrogens is 435 g/mol. The molecule has 0 spiro atoms. The number of ether oxygens (including phenoxy) is 1. The smallest absolute Gasteiger partial charge is 0.419 e. The van der Waals surface area contributed by atoms with Crippen molar-refractivity contribution in [3.8, 4) is 17.1 Å². The van der Waals surface area contributed by atoms with Crippen LogP contribution >= 0.6 is 0 Å². The van der Waals surface area contributed by atoms with Crippen LogP contribution in [0.5, 0.6) is 5.75 Å². The third kappa shape index (κ3) is 6.39. The Morgan fingerprint density at radius 1 is 1.24 bits per heavy atom. The van der Waals surface area contributed by atoms with Gasteiger partial charge in [0, 0.05) is 12.1 Å². The van der Waals surface area contributed by atoms with Crippen LogP contribution in [-0.2, 0) is 6.18 Å². The van der Waals surface area contributed by atoms with Gasteiger partial charge in [0.15, 0.2) is 5.96 Å². The second-order valence-electron chi connectivity index (χ2n) is 8.68. The fourth-order valence-corrected chi connectivity index (χ4v) is 4.12. The maximum Gasteiger partial charge on any atom is 0.419 e. The van der Waals surface area contributed by atoms with Gasteiger partial charge in [-0.1, -0.05) is 51.1 Å². The van der Waals surface area contributed by atoms with Crippen molar-refractivity contribution in [3.63, 3.8) is 0 Å². The van der Waals surface area contributed by atoms with Crippen LogP contribution < -0.4 is 10.5 Å². The number of guanidine groups is 1. The van der Waals surface area contributed by atoms with Crippen molar-refractivity contribution in [2.24, 2.45) is 11.7 Å². The van der Waals surface area contributed by atoms with E-state index in [9.17, 15) is 13.2 Å². The highest BCUT2D eigenvalue weighted by atomic mass is 19.4. The molecule has 2 aromatic rings. The normalized spacial score (nSPS) is 18.6. The van der Waals surface area contributed by atoms with Crippen molar-refractivity contribution in [3.05, 3.63) is 29.7 Å². The molecule has 182 valence electrons. The number of likely N-dealkylation sites (tertiary alicyclic amines) is 1. The zero-order valence-electron chi connectivity index (χ0n) is 19.1. The molecule has 0 unspecified atom stereocenters. The molecule has 0 aliphatic carbocycles. The highest BCUT2D eigenvalue weighted by Crippen LogP contribution is 2.39. The molecule has 7 nitrogen and oxygen atoms in total. The van der Waals surface area contributed by atoms with Crippen LogP contribution in [0.2, 0.25) is 0 Å². The van der Waals surface area contributed by atoms with Crippen molar-refractivity contribution in [1.29, 1.82) is 5.41 Å². The molecular formula is C23H32F3N5O2. The van der Waals surface area contributed by atoms with Gasteiger partial charge in [-0.3, -0.25) is 5.41 Å². The topological polar surface area (TPSA) is 101 Å². The fraction of sp³-hybridized carbons (Fsp3) is 0.609. The Labute approximate surface area is 192 Å². The number of nitrogens with two attached hydrogens (primary N) is 1. The summed E-state index contributed by atoms with van der Waals surface area (Å²) in [4.78, 5) is 5.97. The van der Waals surface area contributed by atoms with Crippen molar-refractivity contribution in [2.45, 2.75) is 71.0 Å². The predicted octanol–water partition coefficient (Wildman–Crippen LogP) is 5.77. The zero-order chi connectivity index (χ0) is 24.0. The van der Waals surface area contributed by atoms with Gasteiger partial charge in [0.2, 0.25) is 11.7 Å². The molecule has 1 aliphatic heterocycles. The highest BCUT2D eigenvalue weighted by Gasteiger charge is 2.37. The number of aromatic nitrogens is 2. The lowest BCUT2D eigenvalue weighted by molar-refractivity contribution is -0.138. The molecule has 1 fully saturated rings. The first-order chi connectivity index (χ1) is 15.7. The summed E-state index contributed by atoms with van der Waals surface area (Å²) in [5.74, 6) is 0.267. The summed E-state index contributed by atoms with van der Waals surface area (Å²) >= 11 is 0. The molecule has 0 amide bonds. The number of rotatable bonds is 10. The van der Waals surface area contributed by atoms with Gasteiger partial charge >= 0.3 is 6.18 Å². The summed E-state index contributed by atoms with van der Waals surface area (Å²) < 4.78 is 51.9. The van der Waals surface area contributed by atoms with E-state index < -0.39 is 11.7 Å². The average molecular weight is 468 g/mol. The van der Waals surface area contributed by atoms with Crippen LogP contribution in [0.1, 0.15) is 76.3 Å². The van der Waals surface area contributed by atoms with Gasteiger partial charge in [-0.25, -0.2) is 0 Å². The monoisotopic (exact) mass is 467 g/mol. The van der Waals surface area contributed by atoms with E-state index in [1.54, 1.807) is 4.90 Å². The Morgan fingerprint density at radius 2 is 1.97 bits per heavy atom. The fourth-order valence-electron chi connectivity index (χ4n) is 4.12. The van der Waals surface area contributed by atoms with Gasteiger partial charge in [-0.2, -0.15) is 18.2 Å². The lowest BCUT2D eigenvalue weighted by Gasteiger charge is -2.21. The van der Waals surface area contributed by atoms with Crippen LogP contribution in [0.15, 0.2) is 22.7 Å². The molecule has 1 saturated heterocycles. The lowest BCUT2D eigenvalue weighted by Crippen LogP contribution is -2.36. The second kappa shape index (κ2) is 10.9. The van der Waals surface area contributed by atoms with E-state index in [1.807, 2.05) is 6.92 Å². The molecule has 0 saturated carbocycles. The molecule has 1 aromatic carbocycles. The van der Waals surface area contributed by atoms with Crippen molar-refractivity contribution >= 4 is 5.96 Å². The van der Waals surface area contributed by atoms with Crippen LogP contribution in [0, 0.1) is 11.3 Å². The number of unbranched alkanes of at least 4 members (excludes halogenated alkanes) is 5. The van der Waals surface area contributed by atoms with Crippen LogP contribution in [0.25, 0.3) is 11.4 Å². The first-order valence-electron chi connectivity index (χ1n) is 11.5. The zero-order valence-corrected chi connectivity index (χ0v) is 19.1. The molecule has 2 heterocycles. The van der Waals surface area contributed by atoms with E-state index >= 15 is 0 Å². The van der Waals surface area contributed by atoms with E-state index in [0.29, 0.717) is 19.4 Å². The van der Waals surface area contributed by atoms with Gasteiger partial charge in [0.1, 0.15) is 11.8 Å².